The van der Waals surface area contributed by atoms with Gasteiger partial charge >= 0.3 is 0 Å². The van der Waals surface area contributed by atoms with Gasteiger partial charge in [-0.3, -0.25) is 9.59 Å². The number of rotatable bonds is 6. The summed E-state index contributed by atoms with van der Waals surface area (Å²) in [4.78, 5) is 26.3. The molecule has 2 aliphatic heterocycles. The molecule has 0 radical (unpaired) electrons. The maximum Gasteiger partial charge on any atom is 0.255 e. The fourth-order valence-corrected chi connectivity index (χ4v) is 3.99. The summed E-state index contributed by atoms with van der Waals surface area (Å²) in [5, 5.41) is 2.94. The van der Waals surface area contributed by atoms with Crippen LogP contribution in [-0.2, 0) is 11.2 Å². The van der Waals surface area contributed by atoms with Gasteiger partial charge in [0, 0.05) is 30.1 Å². The van der Waals surface area contributed by atoms with E-state index in [0.29, 0.717) is 30.3 Å². The molecule has 31 heavy (non-hydrogen) atoms. The summed E-state index contributed by atoms with van der Waals surface area (Å²) in [6.07, 6.45) is 3.45. The zero-order chi connectivity index (χ0) is 21.6. The van der Waals surface area contributed by atoms with Crippen LogP contribution in [0.3, 0.4) is 0 Å². The van der Waals surface area contributed by atoms with Crippen LogP contribution < -0.4 is 20.5 Å². The van der Waals surface area contributed by atoms with Crippen LogP contribution in [0.4, 0.5) is 5.69 Å². The van der Waals surface area contributed by atoms with Crippen LogP contribution in [0.15, 0.2) is 42.5 Å². The van der Waals surface area contributed by atoms with Crippen molar-refractivity contribution in [3.8, 4) is 11.5 Å². The van der Waals surface area contributed by atoms with E-state index in [2.05, 4.69) is 10.2 Å². The number of ether oxygens (including phenoxy) is 2. The molecule has 1 fully saturated rings. The average molecular weight is 424 g/mol. The quantitative estimate of drug-likeness (QED) is 0.745. The van der Waals surface area contributed by atoms with Gasteiger partial charge in [0.15, 0.2) is 11.5 Å². The van der Waals surface area contributed by atoms with Crippen LogP contribution in [0.1, 0.15) is 35.2 Å². The number of likely N-dealkylation sites (tertiary alicyclic amines) is 1. The molecule has 164 valence electrons. The molecule has 3 N–H and O–H groups in total. The highest BCUT2D eigenvalue weighted by Crippen LogP contribution is 2.30. The van der Waals surface area contributed by atoms with Crippen molar-refractivity contribution in [1.82, 2.24) is 4.90 Å². The number of fused-ring (bicyclic) bond motifs is 1. The Kier molecular flexibility index (Phi) is 6.72. The first-order valence-electron chi connectivity index (χ1n) is 10.9. The zero-order valence-corrected chi connectivity index (χ0v) is 17.6. The maximum absolute atomic E-state index is 12.6. The van der Waals surface area contributed by atoms with Crippen LogP contribution in [0.5, 0.6) is 11.5 Å². The van der Waals surface area contributed by atoms with Crippen molar-refractivity contribution in [3.05, 3.63) is 53.6 Å². The van der Waals surface area contributed by atoms with Gasteiger partial charge in [-0.15, -0.1) is 0 Å². The highest BCUT2D eigenvalue weighted by atomic mass is 16.5. The largest absolute Gasteiger partial charge is 0.490 e. The SMILES string of the molecule is NC(=O)C1CCN(CCc2ccc(NC(=O)c3ccc4c(c3)OCCCO4)cc2)CC1. The lowest BCUT2D eigenvalue weighted by Gasteiger charge is -2.30. The van der Waals surface area contributed by atoms with Crippen molar-refractivity contribution >= 4 is 17.5 Å². The Morgan fingerprint density at radius 3 is 2.42 bits per heavy atom. The minimum atomic E-state index is -0.180. The first-order chi connectivity index (χ1) is 15.1. The molecule has 2 heterocycles. The van der Waals surface area contributed by atoms with Gasteiger partial charge in [0.05, 0.1) is 13.2 Å². The Balaban J connectivity index is 1.28. The summed E-state index contributed by atoms with van der Waals surface area (Å²) >= 11 is 0. The lowest BCUT2D eigenvalue weighted by atomic mass is 9.96. The predicted octanol–water partition coefficient (Wildman–Crippen LogP) is 2.84. The highest BCUT2D eigenvalue weighted by molar-refractivity contribution is 6.04. The maximum atomic E-state index is 12.6. The number of carbonyl (C=O) groups excluding carboxylic acids is 2. The molecule has 0 bridgehead atoms. The second kappa shape index (κ2) is 9.83. The van der Waals surface area contributed by atoms with Crippen molar-refractivity contribution in [2.75, 3.05) is 38.2 Å². The van der Waals surface area contributed by atoms with Gasteiger partial charge in [0.2, 0.25) is 5.91 Å². The first-order valence-corrected chi connectivity index (χ1v) is 10.9. The van der Waals surface area contributed by atoms with E-state index >= 15 is 0 Å². The summed E-state index contributed by atoms with van der Waals surface area (Å²) in [5.41, 5.74) is 7.90. The van der Waals surface area contributed by atoms with Crippen molar-refractivity contribution in [2.24, 2.45) is 11.7 Å². The Labute approximate surface area is 182 Å². The molecule has 2 amide bonds. The number of nitrogens with zero attached hydrogens (tertiary/aromatic N) is 1. The molecule has 0 aliphatic carbocycles. The number of nitrogens with two attached hydrogens (primary N) is 1. The van der Waals surface area contributed by atoms with Crippen LogP contribution in [0.25, 0.3) is 0 Å². The van der Waals surface area contributed by atoms with Gasteiger partial charge in [-0.25, -0.2) is 0 Å². The van der Waals surface area contributed by atoms with Crippen LogP contribution in [-0.4, -0.2) is 49.6 Å². The summed E-state index contributed by atoms with van der Waals surface area (Å²) in [7, 11) is 0. The van der Waals surface area contributed by atoms with E-state index in [1.54, 1.807) is 18.2 Å². The molecule has 0 unspecified atom stereocenters. The number of hydrogen-bond acceptors (Lipinski definition) is 5. The zero-order valence-electron chi connectivity index (χ0n) is 17.6. The molecule has 2 aromatic rings. The highest BCUT2D eigenvalue weighted by Gasteiger charge is 2.22. The molecule has 7 heteroatoms. The molecular formula is C24H29N3O4. The normalized spacial score (nSPS) is 17.0. The van der Waals surface area contributed by atoms with E-state index in [9.17, 15) is 9.59 Å². The van der Waals surface area contributed by atoms with Crippen molar-refractivity contribution in [2.45, 2.75) is 25.7 Å². The van der Waals surface area contributed by atoms with Gasteiger partial charge in [-0.05, 0) is 68.2 Å². The minimum Gasteiger partial charge on any atom is -0.490 e. The average Bonchev–Trinajstić information content (AvgIpc) is 3.04. The van der Waals surface area contributed by atoms with E-state index in [0.717, 1.165) is 51.0 Å². The molecule has 2 aliphatic rings. The monoisotopic (exact) mass is 423 g/mol. The summed E-state index contributed by atoms with van der Waals surface area (Å²) in [6, 6.07) is 13.2. The van der Waals surface area contributed by atoms with Gasteiger partial charge in [0.1, 0.15) is 0 Å². The minimum absolute atomic E-state index is 0.0257. The van der Waals surface area contributed by atoms with Crippen LogP contribution >= 0.6 is 0 Å². The number of anilines is 1. The smallest absolute Gasteiger partial charge is 0.255 e. The van der Waals surface area contributed by atoms with E-state index < -0.39 is 0 Å². The number of carbonyl (C=O) groups is 2. The Bertz CT molecular complexity index is 921. The summed E-state index contributed by atoms with van der Waals surface area (Å²) < 4.78 is 11.3. The van der Waals surface area contributed by atoms with Gasteiger partial charge in [0.25, 0.3) is 5.91 Å². The van der Waals surface area contributed by atoms with E-state index in [1.807, 2.05) is 24.3 Å². The number of nitrogens with one attached hydrogen (secondary N) is 1. The van der Waals surface area contributed by atoms with Gasteiger partial charge < -0.3 is 25.4 Å². The molecule has 0 spiro atoms. The molecule has 7 nitrogen and oxygen atoms in total. The Morgan fingerprint density at radius 2 is 1.71 bits per heavy atom. The third-order valence-electron chi connectivity index (χ3n) is 5.93. The molecule has 0 atom stereocenters. The topological polar surface area (TPSA) is 93.9 Å². The van der Waals surface area contributed by atoms with Crippen LogP contribution in [0, 0.1) is 5.92 Å². The van der Waals surface area contributed by atoms with Crippen molar-refractivity contribution < 1.29 is 19.1 Å². The Morgan fingerprint density at radius 1 is 1.00 bits per heavy atom. The molecule has 4 rings (SSSR count). The predicted molar refractivity (Wildman–Crippen MR) is 119 cm³/mol. The first kappa shape index (κ1) is 21.2. The number of amides is 2. The fourth-order valence-electron chi connectivity index (χ4n) is 3.99. The second-order valence-electron chi connectivity index (χ2n) is 8.13. The third kappa shape index (κ3) is 5.55. The molecule has 0 saturated carbocycles. The van der Waals surface area contributed by atoms with Crippen LogP contribution in [0.2, 0.25) is 0 Å². The van der Waals surface area contributed by atoms with Crippen molar-refractivity contribution in [3.63, 3.8) is 0 Å². The number of piperidine rings is 1. The molecular weight excluding hydrogens is 394 g/mol. The van der Waals surface area contributed by atoms with Gasteiger partial charge in [-0.2, -0.15) is 0 Å². The molecule has 1 saturated heterocycles. The third-order valence-corrected chi connectivity index (χ3v) is 5.93. The number of hydrogen-bond donors (Lipinski definition) is 2. The van der Waals surface area contributed by atoms with Gasteiger partial charge in [-0.1, -0.05) is 12.1 Å². The van der Waals surface area contributed by atoms with E-state index in [-0.39, 0.29) is 17.7 Å². The second-order valence-corrected chi connectivity index (χ2v) is 8.13. The van der Waals surface area contributed by atoms with E-state index in [1.165, 1.54) is 5.56 Å². The number of primary amides is 1. The van der Waals surface area contributed by atoms with Crippen molar-refractivity contribution in [1.29, 1.82) is 0 Å². The Hall–Kier alpha value is -3.06. The summed E-state index contributed by atoms with van der Waals surface area (Å²) in [6.45, 7) is 3.99. The molecule has 0 aromatic heterocycles. The molecule has 2 aromatic carbocycles. The number of benzene rings is 2. The lowest BCUT2D eigenvalue weighted by molar-refractivity contribution is -0.123. The summed E-state index contributed by atoms with van der Waals surface area (Å²) in [5.74, 6) is 0.958. The fraction of sp³-hybridized carbons (Fsp3) is 0.417. The lowest BCUT2D eigenvalue weighted by Crippen LogP contribution is -2.39. The van der Waals surface area contributed by atoms with E-state index in [4.69, 9.17) is 15.2 Å². The standard InChI is InChI=1S/C24H29N3O4/c25-23(28)18-9-12-27(13-10-18)11-8-17-2-5-20(6-3-17)26-24(29)19-4-7-21-22(16-19)31-15-1-14-30-21/h2-7,16,18H,1,8-15H2,(H2,25,28)(H,26,29).